The molecule has 1 aliphatic rings. The van der Waals surface area contributed by atoms with Crippen LogP contribution in [0.3, 0.4) is 0 Å². The van der Waals surface area contributed by atoms with E-state index in [0.29, 0.717) is 0 Å². The van der Waals surface area contributed by atoms with Gasteiger partial charge in [-0.2, -0.15) is 0 Å². The Bertz CT molecular complexity index is 215. The first-order chi connectivity index (χ1) is 6.34. The Hall–Kier alpha value is -1.25. The van der Waals surface area contributed by atoms with Crippen LogP contribution in [-0.2, 0) is 0 Å². The van der Waals surface area contributed by atoms with Gasteiger partial charge in [0, 0.05) is 19.3 Å². The summed E-state index contributed by atoms with van der Waals surface area (Å²) in [6, 6.07) is 0.0123. The van der Waals surface area contributed by atoms with Crippen molar-refractivity contribution in [2.24, 2.45) is 0 Å². The van der Waals surface area contributed by atoms with Crippen molar-refractivity contribution in [1.29, 1.82) is 0 Å². The minimum Gasteiger partial charge on any atom is -0.325 e. The van der Waals surface area contributed by atoms with E-state index in [1.807, 2.05) is 30.1 Å². The number of rotatable bonds is 2. The maximum absolute atomic E-state index is 11.3. The molecule has 3 nitrogen and oxygen atoms in total. The first-order valence-electron chi connectivity index (χ1n) is 4.68. The Kier molecular flexibility index (Phi) is 4.09. The summed E-state index contributed by atoms with van der Waals surface area (Å²) in [5.41, 5.74) is 0. The number of hydrogen-bond acceptors (Lipinski definition) is 1. The summed E-state index contributed by atoms with van der Waals surface area (Å²) in [6.07, 6.45) is 9.54. The van der Waals surface area contributed by atoms with E-state index < -0.39 is 0 Å². The summed E-state index contributed by atoms with van der Waals surface area (Å²) in [6.45, 7) is 3.72. The average Bonchev–Trinajstić information content (AvgIpc) is 2.65. The van der Waals surface area contributed by atoms with Crippen LogP contribution in [0.2, 0.25) is 0 Å². The molecule has 1 heterocycles. The van der Waals surface area contributed by atoms with Crippen molar-refractivity contribution < 1.29 is 4.79 Å². The van der Waals surface area contributed by atoms with E-state index in [4.69, 9.17) is 0 Å². The predicted molar refractivity (Wildman–Crippen MR) is 53.3 cm³/mol. The summed E-state index contributed by atoms with van der Waals surface area (Å²) in [4.78, 5) is 13.2. The molecule has 0 unspecified atom stereocenters. The van der Waals surface area contributed by atoms with E-state index in [-0.39, 0.29) is 6.03 Å². The fourth-order valence-electron chi connectivity index (χ4n) is 1.30. The standard InChI is InChI=1S/C10H16N2O/c1-2-3-4-7-11-10(13)12-8-5-6-9-12/h2-4,7H,5-6,8-9H2,1H3,(H,11,13)/b3-2-,7-4-. The molecule has 13 heavy (non-hydrogen) atoms. The first-order valence-corrected chi connectivity index (χ1v) is 4.68. The van der Waals surface area contributed by atoms with Crippen LogP contribution in [0.5, 0.6) is 0 Å². The Morgan fingerprint density at radius 3 is 2.62 bits per heavy atom. The number of amides is 2. The highest BCUT2D eigenvalue weighted by molar-refractivity contribution is 5.75. The number of nitrogens with one attached hydrogen (secondary N) is 1. The maximum atomic E-state index is 11.3. The van der Waals surface area contributed by atoms with Crippen LogP contribution in [-0.4, -0.2) is 24.0 Å². The van der Waals surface area contributed by atoms with Crippen molar-refractivity contribution in [3.63, 3.8) is 0 Å². The van der Waals surface area contributed by atoms with Gasteiger partial charge < -0.3 is 10.2 Å². The van der Waals surface area contributed by atoms with Crippen LogP contribution in [0.25, 0.3) is 0 Å². The lowest BCUT2D eigenvalue weighted by Crippen LogP contribution is -2.34. The molecule has 0 radical (unpaired) electrons. The van der Waals surface area contributed by atoms with E-state index in [0.717, 1.165) is 25.9 Å². The van der Waals surface area contributed by atoms with Crippen molar-refractivity contribution in [3.05, 3.63) is 24.4 Å². The third-order valence-electron chi connectivity index (χ3n) is 2.00. The van der Waals surface area contributed by atoms with E-state index in [9.17, 15) is 4.79 Å². The van der Waals surface area contributed by atoms with E-state index in [2.05, 4.69) is 5.32 Å². The summed E-state index contributed by atoms with van der Waals surface area (Å²) in [7, 11) is 0. The number of allylic oxidation sites excluding steroid dienone is 3. The molecule has 0 bridgehead atoms. The molecule has 3 heteroatoms. The molecular weight excluding hydrogens is 164 g/mol. The fraction of sp³-hybridized carbons (Fsp3) is 0.500. The molecule has 0 atom stereocenters. The van der Waals surface area contributed by atoms with E-state index in [1.165, 1.54) is 0 Å². The van der Waals surface area contributed by atoms with Gasteiger partial charge >= 0.3 is 6.03 Å². The highest BCUT2D eigenvalue weighted by Crippen LogP contribution is 2.06. The molecule has 0 spiro atoms. The highest BCUT2D eigenvalue weighted by atomic mass is 16.2. The zero-order valence-electron chi connectivity index (χ0n) is 7.99. The van der Waals surface area contributed by atoms with Gasteiger partial charge in [0.15, 0.2) is 0 Å². The second kappa shape index (κ2) is 5.41. The third kappa shape index (κ3) is 3.32. The second-order valence-electron chi connectivity index (χ2n) is 3.03. The molecule has 0 aliphatic carbocycles. The molecular formula is C10H16N2O. The average molecular weight is 180 g/mol. The summed E-state index contributed by atoms with van der Waals surface area (Å²) in [5.74, 6) is 0. The van der Waals surface area contributed by atoms with Gasteiger partial charge in [-0.3, -0.25) is 0 Å². The first kappa shape index (κ1) is 9.84. The molecule has 72 valence electrons. The molecule has 0 saturated carbocycles. The fourth-order valence-corrected chi connectivity index (χ4v) is 1.30. The van der Waals surface area contributed by atoms with Crippen LogP contribution in [0.15, 0.2) is 24.4 Å². The minimum atomic E-state index is 0.0123. The number of hydrogen-bond donors (Lipinski definition) is 1. The zero-order chi connectivity index (χ0) is 9.52. The molecule has 1 aliphatic heterocycles. The molecule has 1 N–H and O–H groups in total. The van der Waals surface area contributed by atoms with E-state index in [1.54, 1.807) is 6.20 Å². The van der Waals surface area contributed by atoms with Gasteiger partial charge in [0.05, 0.1) is 0 Å². The minimum absolute atomic E-state index is 0.0123. The van der Waals surface area contributed by atoms with Crippen molar-refractivity contribution >= 4 is 6.03 Å². The van der Waals surface area contributed by atoms with Crippen molar-refractivity contribution in [2.75, 3.05) is 13.1 Å². The largest absolute Gasteiger partial charge is 0.325 e. The van der Waals surface area contributed by atoms with Crippen molar-refractivity contribution in [1.82, 2.24) is 10.2 Å². The lowest BCUT2D eigenvalue weighted by atomic mass is 10.4. The van der Waals surface area contributed by atoms with Crippen LogP contribution < -0.4 is 5.32 Å². The normalized spacial score (nSPS) is 17.5. The van der Waals surface area contributed by atoms with Gasteiger partial charge in [0.25, 0.3) is 0 Å². The Morgan fingerprint density at radius 2 is 2.00 bits per heavy atom. The van der Waals surface area contributed by atoms with Gasteiger partial charge in [-0.15, -0.1) is 0 Å². The van der Waals surface area contributed by atoms with Crippen LogP contribution >= 0.6 is 0 Å². The maximum Gasteiger partial charge on any atom is 0.321 e. The quantitative estimate of drug-likeness (QED) is 0.646. The number of urea groups is 1. The molecule has 1 fully saturated rings. The molecule has 1 saturated heterocycles. The van der Waals surface area contributed by atoms with Crippen molar-refractivity contribution in [3.8, 4) is 0 Å². The lowest BCUT2D eigenvalue weighted by molar-refractivity contribution is 0.212. The molecule has 1 rings (SSSR count). The van der Waals surface area contributed by atoms with Crippen LogP contribution in [0, 0.1) is 0 Å². The smallest absolute Gasteiger partial charge is 0.321 e. The van der Waals surface area contributed by atoms with Gasteiger partial charge in [-0.25, -0.2) is 4.79 Å². The van der Waals surface area contributed by atoms with Crippen LogP contribution in [0.4, 0.5) is 4.79 Å². The SMILES string of the molecule is C/C=C\C=C/NC(=O)N1CCCC1. The van der Waals surface area contributed by atoms with Gasteiger partial charge in [0.1, 0.15) is 0 Å². The van der Waals surface area contributed by atoms with Gasteiger partial charge in [-0.05, 0) is 25.8 Å². The zero-order valence-corrected chi connectivity index (χ0v) is 7.99. The summed E-state index contributed by atoms with van der Waals surface area (Å²) in [5, 5.41) is 2.71. The van der Waals surface area contributed by atoms with Crippen LogP contribution in [0.1, 0.15) is 19.8 Å². The second-order valence-corrected chi connectivity index (χ2v) is 3.03. The number of carbonyl (C=O) groups excluding carboxylic acids is 1. The molecule has 0 aromatic heterocycles. The number of carbonyl (C=O) groups is 1. The number of likely N-dealkylation sites (tertiary alicyclic amines) is 1. The predicted octanol–water partition coefficient (Wildman–Crippen LogP) is 1.88. The summed E-state index contributed by atoms with van der Waals surface area (Å²) >= 11 is 0. The molecule has 0 aromatic carbocycles. The topological polar surface area (TPSA) is 32.3 Å². The summed E-state index contributed by atoms with van der Waals surface area (Å²) < 4.78 is 0. The van der Waals surface area contributed by atoms with Gasteiger partial charge in [0.2, 0.25) is 0 Å². The lowest BCUT2D eigenvalue weighted by Gasteiger charge is -2.13. The number of nitrogens with zero attached hydrogens (tertiary/aromatic N) is 1. The van der Waals surface area contributed by atoms with Crippen molar-refractivity contribution in [2.45, 2.75) is 19.8 Å². The monoisotopic (exact) mass is 180 g/mol. The highest BCUT2D eigenvalue weighted by Gasteiger charge is 2.15. The Morgan fingerprint density at radius 1 is 1.31 bits per heavy atom. The molecule has 2 amide bonds. The Labute approximate surface area is 79.1 Å². The molecule has 0 aromatic rings. The third-order valence-corrected chi connectivity index (χ3v) is 2.00. The van der Waals surface area contributed by atoms with Gasteiger partial charge in [-0.1, -0.05) is 12.2 Å². The Balaban J connectivity index is 2.24. The van der Waals surface area contributed by atoms with E-state index >= 15 is 0 Å².